The third-order valence-electron chi connectivity index (χ3n) is 3.19. The zero-order valence-electron chi connectivity index (χ0n) is 12.3. The third-order valence-corrected chi connectivity index (χ3v) is 3.19. The molecule has 108 valence electrons. The molecular formula is C16H22N2O2. The molecule has 1 aromatic carbocycles. The molecule has 1 aromatic heterocycles. The summed E-state index contributed by atoms with van der Waals surface area (Å²) < 4.78 is 7.37. The highest BCUT2D eigenvalue weighted by molar-refractivity contribution is 5.28. The molecule has 0 aliphatic carbocycles. The Morgan fingerprint density at radius 1 is 1.25 bits per heavy atom. The zero-order chi connectivity index (χ0) is 14.5. The minimum Gasteiger partial charge on any atom is -0.494 e. The SMILES string of the molecule is CCCOc1ccc(C(O)Cn2nc(C)cc2C)cc1. The van der Waals surface area contributed by atoms with Crippen LogP contribution >= 0.6 is 0 Å². The first-order valence-corrected chi connectivity index (χ1v) is 7.02. The van der Waals surface area contributed by atoms with Crippen LogP contribution in [0.1, 0.15) is 36.4 Å². The quantitative estimate of drug-likeness (QED) is 0.880. The Balaban J connectivity index is 2.01. The van der Waals surface area contributed by atoms with Crippen molar-refractivity contribution in [3.63, 3.8) is 0 Å². The molecule has 0 radical (unpaired) electrons. The number of aliphatic hydroxyl groups is 1. The first-order valence-electron chi connectivity index (χ1n) is 7.02. The number of nitrogens with zero attached hydrogens (tertiary/aromatic N) is 2. The fraction of sp³-hybridized carbons (Fsp3) is 0.438. The van der Waals surface area contributed by atoms with Crippen molar-refractivity contribution >= 4 is 0 Å². The second kappa shape index (κ2) is 6.57. The number of hydrogen-bond acceptors (Lipinski definition) is 3. The lowest BCUT2D eigenvalue weighted by molar-refractivity contribution is 0.150. The second-order valence-corrected chi connectivity index (χ2v) is 5.04. The lowest BCUT2D eigenvalue weighted by Gasteiger charge is -2.13. The van der Waals surface area contributed by atoms with Crippen LogP contribution in [0.2, 0.25) is 0 Å². The number of hydrogen-bond donors (Lipinski definition) is 1. The highest BCUT2D eigenvalue weighted by Crippen LogP contribution is 2.20. The maximum Gasteiger partial charge on any atom is 0.119 e. The fourth-order valence-corrected chi connectivity index (χ4v) is 2.14. The third kappa shape index (κ3) is 3.61. The van der Waals surface area contributed by atoms with Gasteiger partial charge >= 0.3 is 0 Å². The highest BCUT2D eigenvalue weighted by atomic mass is 16.5. The Labute approximate surface area is 120 Å². The summed E-state index contributed by atoms with van der Waals surface area (Å²) >= 11 is 0. The summed E-state index contributed by atoms with van der Waals surface area (Å²) in [5, 5.41) is 14.6. The van der Waals surface area contributed by atoms with Crippen LogP contribution in [0.3, 0.4) is 0 Å². The summed E-state index contributed by atoms with van der Waals surface area (Å²) in [6.45, 7) is 7.21. The standard InChI is InChI=1S/C16H22N2O2/c1-4-9-20-15-7-5-14(6-8-15)16(19)11-18-13(3)10-12(2)17-18/h5-8,10,16,19H,4,9,11H2,1-3H3. The van der Waals surface area contributed by atoms with Crippen molar-refractivity contribution in [3.05, 3.63) is 47.3 Å². The summed E-state index contributed by atoms with van der Waals surface area (Å²) in [5.74, 6) is 0.842. The maximum absolute atomic E-state index is 10.3. The van der Waals surface area contributed by atoms with E-state index in [2.05, 4.69) is 12.0 Å². The van der Waals surface area contributed by atoms with Crippen LogP contribution in [0.4, 0.5) is 0 Å². The Kier molecular flexibility index (Phi) is 4.79. The molecule has 4 nitrogen and oxygen atoms in total. The molecule has 20 heavy (non-hydrogen) atoms. The Hall–Kier alpha value is -1.81. The zero-order valence-corrected chi connectivity index (χ0v) is 12.3. The Morgan fingerprint density at radius 2 is 1.95 bits per heavy atom. The molecule has 1 atom stereocenters. The van der Waals surface area contributed by atoms with Crippen LogP contribution in [0.25, 0.3) is 0 Å². The van der Waals surface area contributed by atoms with Crippen molar-refractivity contribution in [2.45, 2.75) is 39.8 Å². The molecule has 1 heterocycles. The molecule has 0 saturated carbocycles. The molecule has 1 unspecified atom stereocenters. The summed E-state index contributed by atoms with van der Waals surface area (Å²) in [4.78, 5) is 0. The summed E-state index contributed by atoms with van der Waals surface area (Å²) in [7, 11) is 0. The molecule has 0 saturated heterocycles. The van der Waals surface area contributed by atoms with Crippen molar-refractivity contribution in [2.24, 2.45) is 0 Å². The molecule has 4 heteroatoms. The number of aryl methyl sites for hydroxylation is 2. The molecule has 0 amide bonds. The maximum atomic E-state index is 10.3. The van der Waals surface area contributed by atoms with Gasteiger partial charge in [0.25, 0.3) is 0 Å². The van der Waals surface area contributed by atoms with Gasteiger partial charge in [-0.15, -0.1) is 0 Å². The molecule has 0 bridgehead atoms. The minimum absolute atomic E-state index is 0.467. The lowest BCUT2D eigenvalue weighted by Crippen LogP contribution is -2.11. The van der Waals surface area contributed by atoms with E-state index in [1.165, 1.54) is 0 Å². The molecule has 0 aliphatic heterocycles. The van der Waals surface area contributed by atoms with Crippen molar-refractivity contribution < 1.29 is 9.84 Å². The van der Waals surface area contributed by atoms with Gasteiger partial charge < -0.3 is 9.84 Å². The van der Waals surface area contributed by atoms with Crippen LogP contribution in [0.5, 0.6) is 5.75 Å². The van der Waals surface area contributed by atoms with E-state index >= 15 is 0 Å². The van der Waals surface area contributed by atoms with Crippen LogP contribution in [0.15, 0.2) is 30.3 Å². The molecule has 0 fully saturated rings. The number of aromatic nitrogens is 2. The first kappa shape index (κ1) is 14.6. The average molecular weight is 274 g/mol. The topological polar surface area (TPSA) is 47.3 Å². The average Bonchev–Trinajstić information content (AvgIpc) is 2.75. The van der Waals surface area contributed by atoms with Gasteiger partial charge in [0.15, 0.2) is 0 Å². The van der Waals surface area contributed by atoms with E-state index in [1.807, 2.05) is 48.9 Å². The number of rotatable bonds is 6. The number of benzene rings is 1. The molecular weight excluding hydrogens is 252 g/mol. The van der Waals surface area contributed by atoms with Gasteiger partial charge in [-0.1, -0.05) is 19.1 Å². The van der Waals surface area contributed by atoms with Gasteiger partial charge in [-0.3, -0.25) is 4.68 Å². The summed E-state index contributed by atoms with van der Waals surface area (Å²) in [6.07, 6.45) is 0.427. The van der Waals surface area contributed by atoms with E-state index < -0.39 is 6.10 Å². The van der Waals surface area contributed by atoms with Gasteiger partial charge in [-0.25, -0.2) is 0 Å². The fourth-order valence-electron chi connectivity index (χ4n) is 2.14. The van der Waals surface area contributed by atoms with Crippen molar-refractivity contribution in [1.29, 1.82) is 0 Å². The second-order valence-electron chi connectivity index (χ2n) is 5.04. The smallest absolute Gasteiger partial charge is 0.119 e. The largest absolute Gasteiger partial charge is 0.494 e. The van der Waals surface area contributed by atoms with Crippen LogP contribution in [-0.4, -0.2) is 21.5 Å². The lowest BCUT2D eigenvalue weighted by atomic mass is 10.1. The van der Waals surface area contributed by atoms with Crippen molar-refractivity contribution in [1.82, 2.24) is 9.78 Å². The molecule has 0 aliphatic rings. The normalized spacial score (nSPS) is 12.4. The summed E-state index contributed by atoms with van der Waals surface area (Å²) in [6, 6.07) is 9.61. The molecule has 2 aromatic rings. The van der Waals surface area contributed by atoms with Crippen molar-refractivity contribution in [2.75, 3.05) is 6.61 Å². The van der Waals surface area contributed by atoms with Gasteiger partial charge in [-0.2, -0.15) is 5.10 Å². The van der Waals surface area contributed by atoms with Gasteiger partial charge in [-0.05, 0) is 44.0 Å². The Morgan fingerprint density at radius 3 is 2.50 bits per heavy atom. The molecule has 1 N–H and O–H groups in total. The molecule has 2 rings (SSSR count). The number of ether oxygens (including phenoxy) is 1. The van der Waals surface area contributed by atoms with E-state index in [9.17, 15) is 5.11 Å². The minimum atomic E-state index is -0.562. The number of aliphatic hydroxyl groups excluding tert-OH is 1. The molecule has 0 spiro atoms. The predicted octanol–water partition coefficient (Wildman–Crippen LogP) is 3.02. The monoisotopic (exact) mass is 274 g/mol. The predicted molar refractivity (Wildman–Crippen MR) is 78.9 cm³/mol. The van der Waals surface area contributed by atoms with Crippen LogP contribution in [0, 0.1) is 13.8 Å². The van der Waals surface area contributed by atoms with E-state index in [1.54, 1.807) is 0 Å². The van der Waals surface area contributed by atoms with Gasteiger partial charge in [0, 0.05) is 5.69 Å². The van der Waals surface area contributed by atoms with E-state index in [0.29, 0.717) is 13.2 Å². The van der Waals surface area contributed by atoms with Gasteiger partial charge in [0.2, 0.25) is 0 Å². The highest BCUT2D eigenvalue weighted by Gasteiger charge is 2.11. The van der Waals surface area contributed by atoms with Gasteiger partial charge in [0.1, 0.15) is 5.75 Å². The van der Waals surface area contributed by atoms with E-state index in [4.69, 9.17) is 4.74 Å². The van der Waals surface area contributed by atoms with E-state index in [0.717, 1.165) is 29.1 Å². The van der Waals surface area contributed by atoms with E-state index in [-0.39, 0.29) is 0 Å². The van der Waals surface area contributed by atoms with Crippen LogP contribution < -0.4 is 4.74 Å². The van der Waals surface area contributed by atoms with Crippen molar-refractivity contribution in [3.8, 4) is 5.75 Å². The van der Waals surface area contributed by atoms with Gasteiger partial charge in [0.05, 0.1) is 24.9 Å². The van der Waals surface area contributed by atoms with Crippen LogP contribution in [-0.2, 0) is 6.54 Å². The summed E-state index contributed by atoms with van der Waals surface area (Å²) in [5.41, 5.74) is 2.91. The first-order chi connectivity index (χ1) is 9.60. The Bertz CT molecular complexity index is 546.